The highest BCUT2D eigenvalue weighted by Gasteiger charge is 2.22. The molecule has 0 saturated carbocycles. The van der Waals surface area contributed by atoms with E-state index in [1.807, 2.05) is 6.07 Å². The lowest BCUT2D eigenvalue weighted by Crippen LogP contribution is -2.28. The van der Waals surface area contributed by atoms with Crippen molar-refractivity contribution in [2.24, 2.45) is 7.05 Å². The average molecular weight is 327 g/mol. The maximum Gasteiger partial charge on any atom is 0.271 e. The first-order valence-electron chi connectivity index (χ1n) is 7.61. The first-order chi connectivity index (χ1) is 11.5. The summed E-state index contributed by atoms with van der Waals surface area (Å²) < 4.78 is 1.11. The van der Waals surface area contributed by atoms with Gasteiger partial charge in [-0.3, -0.25) is 19.4 Å². The van der Waals surface area contributed by atoms with E-state index >= 15 is 0 Å². The van der Waals surface area contributed by atoms with Crippen molar-refractivity contribution in [1.82, 2.24) is 20.1 Å². The molecule has 2 aromatic heterocycles. The van der Waals surface area contributed by atoms with Crippen molar-refractivity contribution in [2.45, 2.75) is 19.4 Å². The predicted octanol–water partition coefficient (Wildman–Crippen LogP) is 0.232. The van der Waals surface area contributed by atoms with E-state index in [0.717, 1.165) is 22.4 Å². The number of anilines is 1. The second-order valence-electron chi connectivity index (χ2n) is 5.56. The fourth-order valence-electron chi connectivity index (χ4n) is 2.54. The molecule has 1 fully saturated rings. The Balaban J connectivity index is 1.68. The molecule has 2 amide bonds. The Hall–Kier alpha value is -3.03. The molecule has 1 aliphatic rings. The second kappa shape index (κ2) is 6.61. The third kappa shape index (κ3) is 3.32. The number of amides is 2. The van der Waals surface area contributed by atoms with Gasteiger partial charge in [0, 0.05) is 38.8 Å². The fourth-order valence-corrected chi connectivity index (χ4v) is 2.54. The van der Waals surface area contributed by atoms with Crippen LogP contribution in [0.4, 0.5) is 5.69 Å². The Morgan fingerprint density at radius 1 is 1.29 bits per heavy atom. The summed E-state index contributed by atoms with van der Waals surface area (Å²) in [7, 11) is 1.49. The van der Waals surface area contributed by atoms with Crippen LogP contribution < -0.4 is 15.8 Å². The van der Waals surface area contributed by atoms with E-state index in [0.29, 0.717) is 13.0 Å². The maximum absolute atomic E-state index is 12.1. The normalized spacial score (nSPS) is 14.0. The summed E-state index contributed by atoms with van der Waals surface area (Å²) in [6.07, 6.45) is 4.68. The standard InChI is InChI=1S/C16H17N5O3/c1-20-14(22)5-4-13(19-20)16(24)18-9-11-7-12(10-17-8-11)21-6-2-3-15(21)23/h4-5,7-8,10H,2-3,6,9H2,1H3,(H,18,24). The molecule has 3 heterocycles. The van der Waals surface area contributed by atoms with Crippen LogP contribution in [0.25, 0.3) is 0 Å². The Bertz CT molecular complexity index is 846. The Morgan fingerprint density at radius 2 is 2.12 bits per heavy atom. The summed E-state index contributed by atoms with van der Waals surface area (Å²) in [5.74, 6) is -0.291. The maximum atomic E-state index is 12.1. The van der Waals surface area contributed by atoms with Gasteiger partial charge in [0.2, 0.25) is 5.91 Å². The van der Waals surface area contributed by atoms with Crippen molar-refractivity contribution in [2.75, 3.05) is 11.4 Å². The van der Waals surface area contributed by atoms with Gasteiger partial charge in [-0.05, 0) is 24.1 Å². The van der Waals surface area contributed by atoms with Crippen LogP contribution in [0.15, 0.2) is 35.4 Å². The number of aryl methyl sites for hydroxylation is 1. The minimum absolute atomic E-state index is 0.0902. The summed E-state index contributed by atoms with van der Waals surface area (Å²) in [6.45, 7) is 0.949. The largest absolute Gasteiger partial charge is 0.347 e. The van der Waals surface area contributed by atoms with Crippen molar-refractivity contribution in [1.29, 1.82) is 0 Å². The zero-order chi connectivity index (χ0) is 17.1. The number of pyridine rings is 1. The smallest absolute Gasteiger partial charge is 0.271 e. The van der Waals surface area contributed by atoms with Gasteiger partial charge >= 0.3 is 0 Å². The molecule has 0 unspecified atom stereocenters. The minimum Gasteiger partial charge on any atom is -0.347 e. The molecule has 3 rings (SSSR count). The van der Waals surface area contributed by atoms with Crippen molar-refractivity contribution in [3.05, 3.63) is 52.2 Å². The molecule has 2 aromatic rings. The van der Waals surface area contributed by atoms with E-state index in [9.17, 15) is 14.4 Å². The molecule has 0 aromatic carbocycles. The van der Waals surface area contributed by atoms with Crippen molar-refractivity contribution in [3.63, 3.8) is 0 Å². The Morgan fingerprint density at radius 3 is 2.83 bits per heavy atom. The molecule has 1 N–H and O–H groups in total. The molecule has 124 valence electrons. The van der Waals surface area contributed by atoms with Gasteiger partial charge in [-0.25, -0.2) is 4.68 Å². The average Bonchev–Trinajstić information content (AvgIpc) is 3.01. The molecule has 0 aliphatic carbocycles. The summed E-state index contributed by atoms with van der Waals surface area (Å²) in [6, 6.07) is 4.52. The van der Waals surface area contributed by atoms with Crippen molar-refractivity contribution < 1.29 is 9.59 Å². The van der Waals surface area contributed by atoms with E-state index in [1.54, 1.807) is 17.3 Å². The molecule has 0 atom stereocenters. The molecular formula is C16H17N5O3. The zero-order valence-corrected chi connectivity index (χ0v) is 13.2. The van der Waals surface area contributed by atoms with Crippen LogP contribution in [0, 0.1) is 0 Å². The number of nitrogens with zero attached hydrogens (tertiary/aromatic N) is 4. The summed E-state index contributed by atoms with van der Waals surface area (Å²) in [5.41, 5.74) is 1.41. The zero-order valence-electron chi connectivity index (χ0n) is 13.2. The fraction of sp³-hybridized carbons (Fsp3) is 0.312. The molecule has 8 nitrogen and oxygen atoms in total. The monoisotopic (exact) mass is 327 g/mol. The van der Waals surface area contributed by atoms with Gasteiger partial charge in [-0.2, -0.15) is 5.10 Å². The molecule has 8 heteroatoms. The van der Waals surface area contributed by atoms with E-state index in [-0.39, 0.29) is 29.6 Å². The number of hydrogen-bond donors (Lipinski definition) is 1. The quantitative estimate of drug-likeness (QED) is 0.867. The Labute approximate surface area is 138 Å². The Kier molecular flexibility index (Phi) is 4.37. The van der Waals surface area contributed by atoms with Gasteiger partial charge in [-0.1, -0.05) is 0 Å². The number of rotatable bonds is 4. The van der Waals surface area contributed by atoms with Crippen LogP contribution in [-0.2, 0) is 18.4 Å². The number of carbonyl (C=O) groups excluding carboxylic acids is 2. The van der Waals surface area contributed by atoms with E-state index in [1.165, 1.54) is 19.2 Å². The number of nitrogens with one attached hydrogen (secondary N) is 1. The topological polar surface area (TPSA) is 97.2 Å². The van der Waals surface area contributed by atoms with Gasteiger partial charge in [0.1, 0.15) is 5.69 Å². The van der Waals surface area contributed by atoms with Crippen molar-refractivity contribution in [3.8, 4) is 0 Å². The highest BCUT2D eigenvalue weighted by molar-refractivity contribution is 5.95. The molecule has 0 radical (unpaired) electrons. The predicted molar refractivity (Wildman–Crippen MR) is 86.5 cm³/mol. The SMILES string of the molecule is Cn1nc(C(=O)NCc2cncc(N3CCCC3=O)c2)ccc1=O. The van der Waals surface area contributed by atoms with Gasteiger partial charge in [0.25, 0.3) is 11.5 Å². The van der Waals surface area contributed by atoms with Crippen LogP contribution in [0.5, 0.6) is 0 Å². The molecule has 0 spiro atoms. The van der Waals surface area contributed by atoms with Gasteiger partial charge in [0.05, 0.1) is 11.9 Å². The number of carbonyl (C=O) groups is 2. The van der Waals surface area contributed by atoms with E-state index in [4.69, 9.17) is 0 Å². The third-order valence-corrected chi connectivity index (χ3v) is 3.81. The lowest BCUT2D eigenvalue weighted by Gasteiger charge is -2.16. The van der Waals surface area contributed by atoms with Crippen LogP contribution >= 0.6 is 0 Å². The summed E-state index contributed by atoms with van der Waals surface area (Å²) in [5, 5.41) is 6.63. The molecule has 24 heavy (non-hydrogen) atoms. The van der Waals surface area contributed by atoms with Crippen LogP contribution in [-0.4, -0.2) is 33.1 Å². The van der Waals surface area contributed by atoms with Crippen LogP contribution in [0.2, 0.25) is 0 Å². The van der Waals surface area contributed by atoms with Gasteiger partial charge in [0.15, 0.2) is 0 Å². The second-order valence-corrected chi connectivity index (χ2v) is 5.56. The third-order valence-electron chi connectivity index (χ3n) is 3.81. The molecular weight excluding hydrogens is 310 g/mol. The first-order valence-corrected chi connectivity index (χ1v) is 7.61. The number of hydrogen-bond acceptors (Lipinski definition) is 5. The lowest BCUT2D eigenvalue weighted by atomic mass is 10.2. The highest BCUT2D eigenvalue weighted by atomic mass is 16.2. The van der Waals surface area contributed by atoms with E-state index in [2.05, 4.69) is 15.4 Å². The van der Waals surface area contributed by atoms with Gasteiger partial charge < -0.3 is 10.2 Å². The molecule has 0 bridgehead atoms. The first kappa shape index (κ1) is 15.9. The van der Waals surface area contributed by atoms with Crippen LogP contribution in [0.3, 0.4) is 0 Å². The molecule has 1 aliphatic heterocycles. The minimum atomic E-state index is -0.381. The molecule has 1 saturated heterocycles. The van der Waals surface area contributed by atoms with E-state index < -0.39 is 0 Å². The van der Waals surface area contributed by atoms with Gasteiger partial charge in [-0.15, -0.1) is 0 Å². The summed E-state index contributed by atoms with van der Waals surface area (Å²) >= 11 is 0. The lowest BCUT2D eigenvalue weighted by molar-refractivity contribution is -0.117. The van der Waals surface area contributed by atoms with Crippen molar-refractivity contribution >= 4 is 17.5 Å². The highest BCUT2D eigenvalue weighted by Crippen LogP contribution is 2.21. The summed E-state index contributed by atoms with van der Waals surface area (Å²) in [4.78, 5) is 41.0. The number of aromatic nitrogens is 3. The van der Waals surface area contributed by atoms with Crippen LogP contribution in [0.1, 0.15) is 28.9 Å².